The normalized spacial score (nSPS) is 12.2. The van der Waals surface area contributed by atoms with Gasteiger partial charge in [0.1, 0.15) is 5.78 Å². The Morgan fingerprint density at radius 3 is 2.53 bits per heavy atom. The van der Waals surface area contributed by atoms with Crippen molar-refractivity contribution in [3.63, 3.8) is 0 Å². The standard InChI is InChI=1S/C12H13ClO4/c1-7(14)5-8-3-2-4-9(10(8)6-13)11(15)12(16)17/h2-4,11,15H,5-6H2,1H3,(H,16,17). The van der Waals surface area contributed by atoms with E-state index in [0.29, 0.717) is 11.1 Å². The summed E-state index contributed by atoms with van der Waals surface area (Å²) in [6.07, 6.45) is -1.43. The number of benzene rings is 1. The van der Waals surface area contributed by atoms with Gasteiger partial charge in [-0.05, 0) is 23.6 Å². The SMILES string of the molecule is CC(=O)Cc1cccc(C(O)C(=O)O)c1CCl. The molecule has 0 fully saturated rings. The average Bonchev–Trinajstić information content (AvgIpc) is 2.26. The number of aliphatic carboxylic acids is 1. The average molecular weight is 257 g/mol. The highest BCUT2D eigenvalue weighted by atomic mass is 35.5. The fraction of sp³-hybridized carbons (Fsp3) is 0.333. The smallest absolute Gasteiger partial charge is 0.337 e. The monoisotopic (exact) mass is 256 g/mol. The van der Waals surface area contributed by atoms with Crippen molar-refractivity contribution >= 4 is 23.4 Å². The van der Waals surface area contributed by atoms with Gasteiger partial charge in [0, 0.05) is 12.3 Å². The lowest BCUT2D eigenvalue weighted by Crippen LogP contribution is -2.14. The Bertz CT molecular complexity index is 442. The second kappa shape index (κ2) is 5.80. The van der Waals surface area contributed by atoms with Crippen LogP contribution in [0.2, 0.25) is 0 Å². The van der Waals surface area contributed by atoms with Gasteiger partial charge in [0.15, 0.2) is 6.10 Å². The Morgan fingerprint density at radius 1 is 1.41 bits per heavy atom. The van der Waals surface area contributed by atoms with Gasteiger partial charge < -0.3 is 10.2 Å². The van der Waals surface area contributed by atoms with Gasteiger partial charge in [0.2, 0.25) is 0 Å². The molecule has 0 spiro atoms. The van der Waals surface area contributed by atoms with Gasteiger partial charge in [-0.1, -0.05) is 18.2 Å². The molecule has 0 amide bonds. The second-order valence-electron chi connectivity index (χ2n) is 3.74. The molecular weight excluding hydrogens is 244 g/mol. The summed E-state index contributed by atoms with van der Waals surface area (Å²) < 4.78 is 0. The molecule has 5 heteroatoms. The zero-order valence-corrected chi connectivity index (χ0v) is 10.1. The predicted molar refractivity (Wildman–Crippen MR) is 63.0 cm³/mol. The van der Waals surface area contributed by atoms with E-state index in [4.69, 9.17) is 16.7 Å². The number of ketones is 1. The van der Waals surface area contributed by atoms with E-state index in [9.17, 15) is 14.7 Å². The van der Waals surface area contributed by atoms with Crippen LogP contribution in [0.15, 0.2) is 18.2 Å². The first-order valence-corrected chi connectivity index (χ1v) is 5.57. The topological polar surface area (TPSA) is 74.6 Å². The van der Waals surface area contributed by atoms with Crippen LogP contribution in [0.3, 0.4) is 0 Å². The third-order valence-corrected chi connectivity index (χ3v) is 2.68. The molecule has 0 saturated heterocycles. The number of carbonyl (C=O) groups excluding carboxylic acids is 1. The Kier molecular flexibility index (Phi) is 4.66. The third kappa shape index (κ3) is 3.28. The number of hydrogen-bond donors (Lipinski definition) is 2. The molecule has 1 aromatic carbocycles. The van der Waals surface area contributed by atoms with Gasteiger partial charge in [-0.15, -0.1) is 11.6 Å². The fourth-order valence-electron chi connectivity index (χ4n) is 1.64. The van der Waals surface area contributed by atoms with E-state index in [1.165, 1.54) is 13.0 Å². The molecular formula is C12H13ClO4. The Morgan fingerprint density at radius 2 is 2.06 bits per heavy atom. The lowest BCUT2D eigenvalue weighted by molar-refractivity contribution is -0.147. The van der Waals surface area contributed by atoms with E-state index in [1.54, 1.807) is 12.1 Å². The Labute approximate surface area is 104 Å². The number of alkyl halides is 1. The number of carboxylic acids is 1. The number of halogens is 1. The maximum Gasteiger partial charge on any atom is 0.337 e. The van der Waals surface area contributed by atoms with Crippen molar-refractivity contribution in [3.05, 3.63) is 34.9 Å². The minimum absolute atomic E-state index is 0.0432. The Hall–Kier alpha value is -1.39. The molecule has 92 valence electrons. The number of aliphatic hydroxyl groups is 1. The molecule has 0 saturated carbocycles. The van der Waals surface area contributed by atoms with Gasteiger partial charge >= 0.3 is 5.97 Å². The summed E-state index contributed by atoms with van der Waals surface area (Å²) in [6, 6.07) is 4.81. The van der Waals surface area contributed by atoms with Crippen molar-refractivity contribution in [3.8, 4) is 0 Å². The van der Waals surface area contributed by atoms with E-state index in [1.807, 2.05) is 0 Å². The zero-order valence-electron chi connectivity index (χ0n) is 9.31. The Balaban J connectivity index is 3.22. The van der Waals surface area contributed by atoms with Crippen LogP contribution in [0.4, 0.5) is 0 Å². The van der Waals surface area contributed by atoms with Crippen molar-refractivity contribution in [2.24, 2.45) is 0 Å². The molecule has 0 bridgehead atoms. The van der Waals surface area contributed by atoms with Crippen molar-refractivity contribution in [1.82, 2.24) is 0 Å². The highest BCUT2D eigenvalue weighted by Gasteiger charge is 2.21. The largest absolute Gasteiger partial charge is 0.479 e. The first kappa shape index (κ1) is 13.7. The molecule has 4 nitrogen and oxygen atoms in total. The molecule has 1 unspecified atom stereocenters. The predicted octanol–water partition coefficient (Wildman–Crippen LogP) is 1.67. The molecule has 0 aromatic heterocycles. The van der Waals surface area contributed by atoms with Crippen LogP contribution < -0.4 is 0 Å². The number of aliphatic hydroxyl groups excluding tert-OH is 1. The number of carboxylic acid groups (broad SMARTS) is 1. The van der Waals surface area contributed by atoms with Crippen LogP contribution in [-0.4, -0.2) is 22.0 Å². The number of rotatable bonds is 5. The van der Waals surface area contributed by atoms with E-state index < -0.39 is 12.1 Å². The molecule has 0 aliphatic heterocycles. The van der Waals surface area contributed by atoms with Crippen LogP contribution in [0.1, 0.15) is 29.7 Å². The quantitative estimate of drug-likeness (QED) is 0.786. The van der Waals surface area contributed by atoms with E-state index in [2.05, 4.69) is 0 Å². The molecule has 0 heterocycles. The molecule has 2 N–H and O–H groups in total. The van der Waals surface area contributed by atoms with Gasteiger partial charge in [0.25, 0.3) is 0 Å². The lowest BCUT2D eigenvalue weighted by Gasteiger charge is -2.14. The highest BCUT2D eigenvalue weighted by molar-refractivity contribution is 6.17. The molecule has 1 rings (SSSR count). The third-order valence-electron chi connectivity index (χ3n) is 2.41. The fourth-order valence-corrected chi connectivity index (χ4v) is 1.97. The molecule has 0 radical (unpaired) electrons. The number of Topliss-reactive ketones (excluding diaryl/α,β-unsaturated/α-hetero) is 1. The summed E-state index contributed by atoms with van der Waals surface area (Å²) in [7, 11) is 0. The van der Waals surface area contributed by atoms with Crippen molar-refractivity contribution in [1.29, 1.82) is 0 Å². The molecule has 1 atom stereocenters. The van der Waals surface area contributed by atoms with Crippen LogP contribution in [0, 0.1) is 0 Å². The first-order chi connectivity index (χ1) is 7.97. The molecule has 0 aliphatic rings. The zero-order chi connectivity index (χ0) is 13.0. The summed E-state index contributed by atoms with van der Waals surface area (Å²) in [5, 5.41) is 18.3. The maximum atomic E-state index is 11.1. The maximum absolute atomic E-state index is 11.1. The van der Waals surface area contributed by atoms with Crippen LogP contribution in [0.5, 0.6) is 0 Å². The van der Waals surface area contributed by atoms with Crippen LogP contribution >= 0.6 is 11.6 Å². The minimum atomic E-state index is -1.62. The van der Waals surface area contributed by atoms with Crippen molar-refractivity contribution in [2.45, 2.75) is 25.3 Å². The molecule has 1 aromatic rings. The summed E-state index contributed by atoms with van der Waals surface area (Å²) in [5.74, 6) is -1.32. The van der Waals surface area contributed by atoms with Gasteiger partial charge in [-0.25, -0.2) is 4.79 Å². The first-order valence-electron chi connectivity index (χ1n) is 5.04. The van der Waals surface area contributed by atoms with Gasteiger partial charge in [-0.2, -0.15) is 0 Å². The number of carbonyl (C=O) groups is 2. The van der Waals surface area contributed by atoms with Crippen molar-refractivity contribution in [2.75, 3.05) is 0 Å². The van der Waals surface area contributed by atoms with Gasteiger partial charge in [0.05, 0.1) is 0 Å². The lowest BCUT2D eigenvalue weighted by atomic mass is 9.95. The highest BCUT2D eigenvalue weighted by Crippen LogP contribution is 2.24. The van der Waals surface area contributed by atoms with E-state index >= 15 is 0 Å². The summed E-state index contributed by atoms with van der Waals surface area (Å²) in [6.45, 7) is 1.44. The van der Waals surface area contributed by atoms with Crippen LogP contribution in [-0.2, 0) is 21.9 Å². The second-order valence-corrected chi connectivity index (χ2v) is 4.01. The molecule has 17 heavy (non-hydrogen) atoms. The minimum Gasteiger partial charge on any atom is -0.479 e. The molecule has 0 aliphatic carbocycles. The summed E-state index contributed by atoms with van der Waals surface area (Å²) in [5.41, 5.74) is 1.41. The van der Waals surface area contributed by atoms with E-state index in [-0.39, 0.29) is 23.6 Å². The summed E-state index contributed by atoms with van der Waals surface area (Å²) >= 11 is 5.75. The van der Waals surface area contributed by atoms with Crippen LogP contribution in [0.25, 0.3) is 0 Å². The van der Waals surface area contributed by atoms with Crippen molar-refractivity contribution < 1.29 is 19.8 Å². The van der Waals surface area contributed by atoms with E-state index in [0.717, 1.165) is 0 Å². The number of hydrogen-bond acceptors (Lipinski definition) is 3. The van der Waals surface area contributed by atoms with Gasteiger partial charge in [-0.3, -0.25) is 4.79 Å². The summed E-state index contributed by atoms with van der Waals surface area (Å²) in [4.78, 5) is 21.8.